The number of nitrogens with zero attached hydrogens (tertiary/aromatic N) is 2. The number of nitrogens with one attached hydrogen (secondary N) is 1. The smallest absolute Gasteiger partial charge is 0.326 e. The third-order valence-electron chi connectivity index (χ3n) is 3.52. The van der Waals surface area contributed by atoms with Crippen LogP contribution in [-0.4, -0.2) is 39.6 Å². The van der Waals surface area contributed by atoms with E-state index < -0.39 is 30.8 Å². The normalized spacial score (nSPS) is 12.8. The number of halogens is 2. The highest BCUT2D eigenvalue weighted by Gasteiger charge is 2.27. The molecule has 2 rings (SSSR count). The molecular weight excluding hydrogens is 348 g/mol. The molecule has 1 amide bonds. The van der Waals surface area contributed by atoms with E-state index in [9.17, 15) is 18.4 Å². The average Bonchev–Trinajstić information content (AvgIpc) is 3.03. The Labute approximate surface area is 148 Å². The van der Waals surface area contributed by atoms with Crippen LogP contribution in [0.1, 0.15) is 43.4 Å². The molecule has 7 nitrogen and oxygen atoms in total. The monoisotopic (exact) mass is 367 g/mol. The van der Waals surface area contributed by atoms with Crippen molar-refractivity contribution in [2.75, 3.05) is 0 Å². The minimum atomic E-state index is -2.86. The molecule has 1 atom stereocenters. The first-order valence-electron chi connectivity index (χ1n) is 7.85. The van der Waals surface area contributed by atoms with E-state index in [1.165, 1.54) is 6.07 Å². The SMILES string of the molecule is CC(C)(C)c1noc(-c2ccccc2C(=O)NC(CC(F)F)C(=O)O)n1. The summed E-state index contributed by atoms with van der Waals surface area (Å²) < 4.78 is 30.2. The molecule has 0 saturated carbocycles. The van der Waals surface area contributed by atoms with Gasteiger partial charge < -0.3 is 14.9 Å². The minimum absolute atomic E-state index is 0.0529. The second-order valence-electron chi connectivity index (χ2n) is 6.71. The number of alkyl halides is 2. The van der Waals surface area contributed by atoms with Gasteiger partial charge in [-0.2, -0.15) is 4.98 Å². The largest absolute Gasteiger partial charge is 0.480 e. The van der Waals surface area contributed by atoms with E-state index in [0.717, 1.165) is 0 Å². The molecule has 0 fully saturated rings. The zero-order chi connectivity index (χ0) is 19.5. The van der Waals surface area contributed by atoms with Crippen LogP contribution in [0.15, 0.2) is 28.8 Å². The van der Waals surface area contributed by atoms with Crippen molar-refractivity contribution in [3.05, 3.63) is 35.7 Å². The summed E-state index contributed by atoms with van der Waals surface area (Å²) in [4.78, 5) is 27.8. The van der Waals surface area contributed by atoms with Crippen LogP contribution in [0.5, 0.6) is 0 Å². The van der Waals surface area contributed by atoms with Crippen molar-refractivity contribution in [3.63, 3.8) is 0 Å². The second kappa shape index (κ2) is 7.59. The minimum Gasteiger partial charge on any atom is -0.480 e. The average molecular weight is 367 g/mol. The highest BCUT2D eigenvalue weighted by atomic mass is 19.3. The lowest BCUT2D eigenvalue weighted by molar-refractivity contribution is -0.140. The van der Waals surface area contributed by atoms with E-state index in [-0.39, 0.29) is 22.4 Å². The van der Waals surface area contributed by atoms with E-state index in [0.29, 0.717) is 5.82 Å². The maximum atomic E-state index is 12.5. The first-order valence-corrected chi connectivity index (χ1v) is 7.85. The Morgan fingerprint density at radius 3 is 2.46 bits per heavy atom. The third-order valence-corrected chi connectivity index (χ3v) is 3.52. The van der Waals surface area contributed by atoms with Crippen molar-refractivity contribution >= 4 is 11.9 Å². The molecule has 0 aliphatic heterocycles. The van der Waals surface area contributed by atoms with Crippen LogP contribution in [0.25, 0.3) is 11.5 Å². The summed E-state index contributed by atoms with van der Waals surface area (Å²) in [5, 5.41) is 15.0. The Hall–Kier alpha value is -2.84. The van der Waals surface area contributed by atoms with E-state index in [4.69, 9.17) is 9.63 Å². The molecule has 0 spiro atoms. The van der Waals surface area contributed by atoms with Gasteiger partial charge in [0, 0.05) is 11.8 Å². The molecule has 1 aromatic heterocycles. The van der Waals surface area contributed by atoms with Crippen molar-refractivity contribution < 1.29 is 28.0 Å². The number of carboxylic acids is 1. The third kappa shape index (κ3) is 4.62. The molecule has 0 radical (unpaired) electrons. The van der Waals surface area contributed by atoms with Gasteiger partial charge in [-0.05, 0) is 12.1 Å². The second-order valence-corrected chi connectivity index (χ2v) is 6.71. The number of amides is 1. The number of rotatable bonds is 6. The summed E-state index contributed by atoms with van der Waals surface area (Å²) in [7, 11) is 0. The van der Waals surface area contributed by atoms with Gasteiger partial charge in [-0.15, -0.1) is 0 Å². The molecule has 1 heterocycles. The van der Waals surface area contributed by atoms with E-state index in [1.54, 1.807) is 18.2 Å². The van der Waals surface area contributed by atoms with E-state index >= 15 is 0 Å². The quantitative estimate of drug-likeness (QED) is 0.813. The van der Waals surface area contributed by atoms with Gasteiger partial charge in [0.2, 0.25) is 6.43 Å². The van der Waals surface area contributed by atoms with Crippen molar-refractivity contribution in [2.24, 2.45) is 0 Å². The number of hydrogen-bond acceptors (Lipinski definition) is 5. The van der Waals surface area contributed by atoms with Crippen LogP contribution >= 0.6 is 0 Å². The van der Waals surface area contributed by atoms with Gasteiger partial charge in [-0.1, -0.05) is 38.1 Å². The van der Waals surface area contributed by atoms with Crippen molar-refractivity contribution in [1.82, 2.24) is 15.5 Å². The Kier molecular flexibility index (Phi) is 5.69. The summed E-state index contributed by atoms with van der Waals surface area (Å²) in [5.41, 5.74) is -0.0312. The Morgan fingerprint density at radius 1 is 1.27 bits per heavy atom. The first kappa shape index (κ1) is 19.5. The molecule has 1 aromatic carbocycles. The predicted molar refractivity (Wildman–Crippen MR) is 87.9 cm³/mol. The highest BCUT2D eigenvalue weighted by Crippen LogP contribution is 2.26. The molecule has 0 aliphatic rings. The van der Waals surface area contributed by atoms with Crippen LogP contribution in [0.2, 0.25) is 0 Å². The van der Waals surface area contributed by atoms with Gasteiger partial charge >= 0.3 is 5.97 Å². The van der Waals surface area contributed by atoms with Gasteiger partial charge in [0.15, 0.2) is 5.82 Å². The first-order chi connectivity index (χ1) is 12.1. The van der Waals surface area contributed by atoms with E-state index in [1.807, 2.05) is 20.8 Å². The molecule has 1 unspecified atom stereocenters. The van der Waals surface area contributed by atoms with Gasteiger partial charge in [0.05, 0.1) is 11.1 Å². The fourth-order valence-electron chi connectivity index (χ4n) is 2.14. The molecule has 2 aromatic rings. The molecule has 9 heteroatoms. The Bertz CT molecular complexity index is 799. The molecule has 0 bridgehead atoms. The molecular formula is C17H19F2N3O4. The van der Waals surface area contributed by atoms with Crippen molar-refractivity contribution in [3.8, 4) is 11.5 Å². The fourth-order valence-corrected chi connectivity index (χ4v) is 2.14. The molecule has 26 heavy (non-hydrogen) atoms. The van der Waals surface area contributed by atoms with Gasteiger partial charge in [0.1, 0.15) is 6.04 Å². The predicted octanol–water partition coefficient (Wildman–Crippen LogP) is 2.87. The van der Waals surface area contributed by atoms with Crippen LogP contribution in [-0.2, 0) is 10.2 Å². The van der Waals surface area contributed by atoms with Gasteiger partial charge in [-0.3, -0.25) is 4.79 Å². The van der Waals surface area contributed by atoms with Crippen LogP contribution in [0, 0.1) is 0 Å². The lowest BCUT2D eigenvalue weighted by atomic mass is 9.96. The maximum absolute atomic E-state index is 12.5. The van der Waals surface area contributed by atoms with E-state index in [2.05, 4.69) is 15.5 Å². The molecule has 140 valence electrons. The number of hydrogen-bond donors (Lipinski definition) is 2. The summed E-state index contributed by atoms with van der Waals surface area (Å²) in [6.45, 7) is 5.67. The summed E-state index contributed by atoms with van der Waals surface area (Å²) in [5.74, 6) is -1.83. The number of carbonyl (C=O) groups is 2. The number of benzene rings is 1. The summed E-state index contributed by atoms with van der Waals surface area (Å²) in [6, 6.07) is 4.47. The lowest BCUT2D eigenvalue weighted by Gasteiger charge is -2.15. The zero-order valence-corrected chi connectivity index (χ0v) is 14.5. The fraction of sp³-hybridized carbons (Fsp3) is 0.412. The zero-order valence-electron chi connectivity index (χ0n) is 14.5. The lowest BCUT2D eigenvalue weighted by Crippen LogP contribution is -2.42. The standard InChI is InChI=1S/C17H19F2N3O4/c1-17(2,3)16-21-14(26-22-16)10-7-5-4-6-9(10)13(23)20-11(15(24)25)8-12(18)19/h4-7,11-12H,8H2,1-3H3,(H,20,23)(H,24,25). The number of aromatic nitrogens is 2. The van der Waals surface area contributed by atoms with Gasteiger partial charge in [0.25, 0.3) is 11.8 Å². The van der Waals surface area contributed by atoms with Crippen molar-refractivity contribution in [1.29, 1.82) is 0 Å². The molecule has 0 aliphatic carbocycles. The topological polar surface area (TPSA) is 105 Å². The summed E-state index contributed by atoms with van der Waals surface area (Å²) in [6.07, 6.45) is -3.85. The molecule has 2 N–H and O–H groups in total. The van der Waals surface area contributed by atoms with Crippen LogP contribution < -0.4 is 5.32 Å². The van der Waals surface area contributed by atoms with Crippen LogP contribution in [0.4, 0.5) is 8.78 Å². The molecule has 0 saturated heterocycles. The van der Waals surface area contributed by atoms with Crippen molar-refractivity contribution in [2.45, 2.75) is 45.1 Å². The maximum Gasteiger partial charge on any atom is 0.326 e. The Balaban J connectivity index is 2.32. The summed E-state index contributed by atoms with van der Waals surface area (Å²) >= 11 is 0. The number of carboxylic acid groups (broad SMARTS) is 1. The van der Waals surface area contributed by atoms with Gasteiger partial charge in [-0.25, -0.2) is 13.6 Å². The number of carbonyl (C=O) groups excluding carboxylic acids is 1. The van der Waals surface area contributed by atoms with Crippen LogP contribution in [0.3, 0.4) is 0 Å². The highest BCUT2D eigenvalue weighted by molar-refractivity contribution is 6.01. The Morgan fingerprint density at radius 2 is 1.92 bits per heavy atom. The number of aliphatic carboxylic acids is 1.